The summed E-state index contributed by atoms with van der Waals surface area (Å²) >= 11 is 5.09. The highest BCUT2D eigenvalue weighted by Crippen LogP contribution is 2.20. The Kier molecular flexibility index (Phi) is 4.95. The first-order chi connectivity index (χ1) is 7.45. The van der Waals surface area contributed by atoms with Crippen molar-refractivity contribution in [1.29, 1.82) is 0 Å². The van der Waals surface area contributed by atoms with E-state index >= 15 is 0 Å². The van der Waals surface area contributed by atoms with Crippen LogP contribution < -0.4 is 11.1 Å². The molecule has 1 heterocycles. The highest BCUT2D eigenvalue weighted by atomic mass is 79.9. The van der Waals surface area contributed by atoms with Crippen LogP contribution in [0.1, 0.15) is 18.7 Å². The maximum Gasteiger partial charge on any atom is 0.226 e. The van der Waals surface area contributed by atoms with Crippen LogP contribution in [0.3, 0.4) is 0 Å². The lowest BCUT2D eigenvalue weighted by Crippen LogP contribution is -2.42. The van der Waals surface area contributed by atoms with Crippen molar-refractivity contribution in [1.82, 2.24) is 5.32 Å². The number of halogens is 1. The van der Waals surface area contributed by atoms with Gasteiger partial charge in [-0.15, -0.1) is 11.3 Å². The fraction of sp³-hybridized carbons (Fsp3) is 0.545. The smallest absolute Gasteiger partial charge is 0.226 e. The Bertz CT molecular complexity index is 363. The van der Waals surface area contributed by atoms with Crippen LogP contribution in [-0.2, 0) is 11.2 Å². The van der Waals surface area contributed by atoms with Gasteiger partial charge in [0.25, 0.3) is 0 Å². The number of nitrogens with one attached hydrogen (secondary N) is 1. The SMILES string of the molecule is CC(C)(CN)C(=O)NCCc1cc(Br)cs1. The molecule has 1 rings (SSSR count). The van der Waals surface area contributed by atoms with Gasteiger partial charge in [0.2, 0.25) is 5.91 Å². The monoisotopic (exact) mass is 304 g/mol. The summed E-state index contributed by atoms with van der Waals surface area (Å²) in [6.07, 6.45) is 0.864. The van der Waals surface area contributed by atoms with E-state index in [2.05, 4.69) is 27.3 Å². The summed E-state index contributed by atoms with van der Waals surface area (Å²) in [4.78, 5) is 13.0. The molecule has 0 radical (unpaired) electrons. The molecule has 0 fully saturated rings. The molecule has 5 heteroatoms. The molecule has 0 aliphatic heterocycles. The van der Waals surface area contributed by atoms with Crippen molar-refractivity contribution in [2.45, 2.75) is 20.3 Å². The molecule has 1 aromatic rings. The third-order valence-corrected chi connectivity index (χ3v) is 4.16. The Morgan fingerprint density at radius 2 is 2.31 bits per heavy atom. The molecule has 16 heavy (non-hydrogen) atoms. The molecule has 0 spiro atoms. The van der Waals surface area contributed by atoms with Crippen LogP contribution >= 0.6 is 27.3 Å². The number of rotatable bonds is 5. The Balaban J connectivity index is 2.33. The molecular weight excluding hydrogens is 288 g/mol. The predicted octanol–water partition coefficient (Wildman–Crippen LogP) is 2.15. The molecule has 0 aromatic carbocycles. The minimum atomic E-state index is -0.476. The molecule has 0 saturated heterocycles. The molecule has 0 saturated carbocycles. The summed E-state index contributed by atoms with van der Waals surface area (Å²) < 4.78 is 1.10. The van der Waals surface area contributed by atoms with Gasteiger partial charge in [0, 0.05) is 27.8 Å². The molecule has 1 aromatic heterocycles. The zero-order valence-corrected chi connectivity index (χ0v) is 12.0. The van der Waals surface area contributed by atoms with Crippen molar-refractivity contribution in [3.8, 4) is 0 Å². The van der Waals surface area contributed by atoms with Crippen LogP contribution in [0.25, 0.3) is 0 Å². The lowest BCUT2D eigenvalue weighted by Gasteiger charge is -2.21. The Hall–Kier alpha value is -0.390. The summed E-state index contributed by atoms with van der Waals surface area (Å²) in [6.45, 7) is 4.73. The molecule has 0 aliphatic rings. The van der Waals surface area contributed by atoms with Crippen LogP contribution in [0.2, 0.25) is 0 Å². The summed E-state index contributed by atoms with van der Waals surface area (Å²) in [7, 11) is 0. The molecule has 3 N–H and O–H groups in total. The van der Waals surface area contributed by atoms with E-state index in [0.717, 1.165) is 10.9 Å². The maximum atomic E-state index is 11.7. The van der Waals surface area contributed by atoms with Crippen molar-refractivity contribution in [3.63, 3.8) is 0 Å². The second kappa shape index (κ2) is 5.80. The summed E-state index contributed by atoms with van der Waals surface area (Å²) in [5, 5.41) is 4.95. The van der Waals surface area contributed by atoms with Crippen LogP contribution in [0.15, 0.2) is 15.9 Å². The molecule has 1 amide bonds. The highest BCUT2D eigenvalue weighted by molar-refractivity contribution is 9.10. The van der Waals surface area contributed by atoms with Crippen molar-refractivity contribution < 1.29 is 4.79 Å². The number of nitrogens with two attached hydrogens (primary N) is 1. The summed E-state index contributed by atoms with van der Waals surface area (Å²) in [5.41, 5.74) is 5.05. The minimum absolute atomic E-state index is 0.0191. The van der Waals surface area contributed by atoms with Crippen molar-refractivity contribution in [3.05, 3.63) is 20.8 Å². The van der Waals surface area contributed by atoms with Gasteiger partial charge in [-0.25, -0.2) is 0 Å². The van der Waals surface area contributed by atoms with E-state index in [9.17, 15) is 4.79 Å². The van der Waals surface area contributed by atoms with Gasteiger partial charge in [-0.2, -0.15) is 0 Å². The first kappa shape index (κ1) is 13.7. The Morgan fingerprint density at radius 1 is 1.62 bits per heavy atom. The number of carbonyl (C=O) groups is 1. The van der Waals surface area contributed by atoms with E-state index in [-0.39, 0.29) is 5.91 Å². The van der Waals surface area contributed by atoms with E-state index < -0.39 is 5.41 Å². The van der Waals surface area contributed by atoms with Gasteiger partial charge in [0.1, 0.15) is 0 Å². The summed E-state index contributed by atoms with van der Waals surface area (Å²) in [5.74, 6) is 0.0191. The van der Waals surface area contributed by atoms with Crippen LogP contribution in [0.4, 0.5) is 0 Å². The lowest BCUT2D eigenvalue weighted by atomic mass is 9.93. The molecule has 3 nitrogen and oxygen atoms in total. The second-order valence-corrected chi connectivity index (χ2v) is 6.24. The molecule has 0 unspecified atom stereocenters. The van der Waals surface area contributed by atoms with E-state index in [1.54, 1.807) is 11.3 Å². The number of amides is 1. The fourth-order valence-corrected chi connectivity index (χ4v) is 2.57. The van der Waals surface area contributed by atoms with Crippen LogP contribution in [0, 0.1) is 5.41 Å². The maximum absolute atomic E-state index is 11.7. The summed E-state index contributed by atoms with van der Waals surface area (Å²) in [6, 6.07) is 2.07. The Labute approximate surface area is 109 Å². The van der Waals surface area contributed by atoms with Gasteiger partial charge in [-0.05, 0) is 42.3 Å². The normalized spacial score (nSPS) is 11.5. The van der Waals surface area contributed by atoms with Gasteiger partial charge in [-0.3, -0.25) is 4.79 Å². The zero-order chi connectivity index (χ0) is 12.2. The third kappa shape index (κ3) is 3.88. The van der Waals surface area contributed by atoms with Crippen molar-refractivity contribution in [2.24, 2.45) is 11.1 Å². The van der Waals surface area contributed by atoms with E-state index in [1.165, 1.54) is 4.88 Å². The average molecular weight is 305 g/mol. The number of carbonyl (C=O) groups excluding carboxylic acids is 1. The van der Waals surface area contributed by atoms with Crippen LogP contribution in [0.5, 0.6) is 0 Å². The Morgan fingerprint density at radius 3 is 2.81 bits per heavy atom. The fourth-order valence-electron chi connectivity index (χ4n) is 1.12. The standard InChI is InChI=1S/C11H17BrN2OS/c1-11(2,7-13)10(15)14-4-3-9-5-8(12)6-16-9/h5-6H,3-4,7,13H2,1-2H3,(H,14,15). The predicted molar refractivity (Wildman–Crippen MR) is 71.6 cm³/mol. The van der Waals surface area contributed by atoms with Crippen LogP contribution in [-0.4, -0.2) is 19.0 Å². The van der Waals surface area contributed by atoms with E-state index in [4.69, 9.17) is 5.73 Å². The van der Waals surface area contributed by atoms with Gasteiger partial charge in [0.05, 0.1) is 5.41 Å². The van der Waals surface area contributed by atoms with Gasteiger partial charge >= 0.3 is 0 Å². The van der Waals surface area contributed by atoms with E-state index in [1.807, 2.05) is 19.2 Å². The molecule has 0 bridgehead atoms. The quantitative estimate of drug-likeness (QED) is 0.876. The largest absolute Gasteiger partial charge is 0.355 e. The van der Waals surface area contributed by atoms with Gasteiger partial charge in [-0.1, -0.05) is 0 Å². The van der Waals surface area contributed by atoms with Crippen molar-refractivity contribution >= 4 is 33.2 Å². The highest BCUT2D eigenvalue weighted by Gasteiger charge is 2.24. The molecule has 0 atom stereocenters. The molecular formula is C11H17BrN2OS. The minimum Gasteiger partial charge on any atom is -0.355 e. The zero-order valence-electron chi connectivity index (χ0n) is 9.55. The first-order valence-electron chi connectivity index (χ1n) is 5.17. The number of hydrogen-bond donors (Lipinski definition) is 2. The number of hydrogen-bond acceptors (Lipinski definition) is 3. The molecule has 0 aliphatic carbocycles. The average Bonchev–Trinajstić information content (AvgIpc) is 2.64. The van der Waals surface area contributed by atoms with Gasteiger partial charge < -0.3 is 11.1 Å². The first-order valence-corrected chi connectivity index (χ1v) is 6.84. The topological polar surface area (TPSA) is 55.1 Å². The van der Waals surface area contributed by atoms with Gasteiger partial charge in [0.15, 0.2) is 0 Å². The third-order valence-electron chi connectivity index (χ3n) is 2.40. The van der Waals surface area contributed by atoms with E-state index in [0.29, 0.717) is 13.1 Å². The molecule has 90 valence electrons. The van der Waals surface area contributed by atoms with Crippen molar-refractivity contribution in [2.75, 3.05) is 13.1 Å². The lowest BCUT2D eigenvalue weighted by molar-refractivity contribution is -0.128. The second-order valence-electron chi connectivity index (χ2n) is 4.33. The number of thiophene rings is 1.